The molecule has 36 heavy (non-hydrogen) atoms. The van der Waals surface area contributed by atoms with Gasteiger partial charge in [0.25, 0.3) is 0 Å². The first-order valence-corrected chi connectivity index (χ1v) is 14.0. The van der Waals surface area contributed by atoms with Gasteiger partial charge < -0.3 is 10.2 Å². The number of hydrogen-bond donors (Lipinski definition) is 1. The van der Waals surface area contributed by atoms with Crippen LogP contribution in [0.4, 0.5) is 0 Å². The highest BCUT2D eigenvalue weighted by Gasteiger charge is 2.31. The molecule has 0 bridgehead atoms. The second kappa shape index (κ2) is 14.3. The standard InChI is InChI=1S/C29H32Cl2N2O2S/c1-3-21(2)32-29(35)27(17-22-10-5-4-6-11-22)33(18-24-13-7-8-15-26(24)31)28(34)20-36-19-23-12-9-14-25(30)16-23/h4-16,21,27H,3,17-20H2,1-2H3,(H,32,35). The fraction of sp³-hybridized carbons (Fsp3) is 0.310. The van der Waals surface area contributed by atoms with Crippen molar-refractivity contribution in [2.45, 2.75) is 51.1 Å². The molecule has 0 aromatic heterocycles. The lowest BCUT2D eigenvalue weighted by atomic mass is 10.0. The van der Waals surface area contributed by atoms with E-state index in [1.54, 1.807) is 11.0 Å². The molecular formula is C29H32Cl2N2O2S. The van der Waals surface area contributed by atoms with Crippen molar-refractivity contribution in [2.75, 3.05) is 5.75 Å². The second-order valence-electron chi connectivity index (χ2n) is 8.76. The summed E-state index contributed by atoms with van der Waals surface area (Å²) in [5.74, 6) is 0.615. The van der Waals surface area contributed by atoms with Crippen molar-refractivity contribution in [2.24, 2.45) is 0 Å². The maximum atomic E-state index is 13.7. The van der Waals surface area contributed by atoms with Gasteiger partial charge in [-0.15, -0.1) is 11.8 Å². The van der Waals surface area contributed by atoms with Crippen molar-refractivity contribution >= 4 is 46.8 Å². The fourth-order valence-corrected chi connectivity index (χ4v) is 5.04. The number of carbonyl (C=O) groups is 2. The molecule has 2 amide bonds. The Kier molecular flexibility index (Phi) is 11.2. The first kappa shape index (κ1) is 28.1. The molecule has 3 aromatic carbocycles. The molecule has 0 saturated heterocycles. The van der Waals surface area contributed by atoms with Crippen LogP contribution >= 0.6 is 35.0 Å². The van der Waals surface area contributed by atoms with Crippen LogP contribution < -0.4 is 5.32 Å². The highest BCUT2D eigenvalue weighted by molar-refractivity contribution is 7.99. The maximum absolute atomic E-state index is 13.7. The molecule has 0 radical (unpaired) electrons. The smallest absolute Gasteiger partial charge is 0.243 e. The minimum absolute atomic E-state index is 0.00485. The molecule has 0 aliphatic carbocycles. The average Bonchev–Trinajstić information content (AvgIpc) is 2.87. The summed E-state index contributed by atoms with van der Waals surface area (Å²) >= 11 is 14.1. The van der Waals surface area contributed by atoms with E-state index < -0.39 is 6.04 Å². The third-order valence-electron chi connectivity index (χ3n) is 5.95. The molecule has 0 spiro atoms. The van der Waals surface area contributed by atoms with Crippen LogP contribution in [0.2, 0.25) is 10.0 Å². The zero-order chi connectivity index (χ0) is 25.9. The van der Waals surface area contributed by atoms with E-state index in [0.29, 0.717) is 22.2 Å². The lowest BCUT2D eigenvalue weighted by Gasteiger charge is -2.32. The Bertz CT molecular complexity index is 1140. The Morgan fingerprint density at radius 1 is 0.944 bits per heavy atom. The number of thioether (sulfide) groups is 1. The van der Waals surface area contributed by atoms with Gasteiger partial charge >= 0.3 is 0 Å². The van der Waals surface area contributed by atoms with Crippen molar-refractivity contribution in [3.63, 3.8) is 0 Å². The molecule has 0 aliphatic heterocycles. The predicted molar refractivity (Wildman–Crippen MR) is 151 cm³/mol. The molecule has 2 atom stereocenters. The number of nitrogens with zero attached hydrogens (tertiary/aromatic N) is 1. The van der Waals surface area contributed by atoms with Crippen LogP contribution in [0, 0.1) is 0 Å². The van der Waals surface area contributed by atoms with Gasteiger partial charge in [-0.3, -0.25) is 9.59 Å². The molecule has 0 fully saturated rings. The van der Waals surface area contributed by atoms with E-state index in [0.717, 1.165) is 23.1 Å². The molecular weight excluding hydrogens is 511 g/mol. The Morgan fingerprint density at radius 3 is 2.33 bits per heavy atom. The van der Waals surface area contributed by atoms with Crippen LogP contribution in [0.25, 0.3) is 0 Å². The van der Waals surface area contributed by atoms with Gasteiger partial charge in [-0.2, -0.15) is 0 Å². The Labute approximate surface area is 228 Å². The molecule has 0 heterocycles. The quantitative estimate of drug-likeness (QED) is 0.274. The van der Waals surface area contributed by atoms with Gasteiger partial charge in [0.2, 0.25) is 11.8 Å². The highest BCUT2D eigenvalue weighted by Crippen LogP contribution is 2.23. The lowest BCUT2D eigenvalue weighted by molar-refractivity contribution is -0.139. The van der Waals surface area contributed by atoms with E-state index in [1.807, 2.05) is 86.6 Å². The monoisotopic (exact) mass is 542 g/mol. The second-order valence-corrected chi connectivity index (χ2v) is 10.6. The first-order chi connectivity index (χ1) is 17.4. The lowest BCUT2D eigenvalue weighted by Crippen LogP contribution is -2.52. The Hall–Kier alpha value is -2.47. The summed E-state index contributed by atoms with van der Waals surface area (Å²) in [4.78, 5) is 28.9. The number of benzene rings is 3. The van der Waals surface area contributed by atoms with E-state index in [2.05, 4.69) is 5.32 Å². The number of nitrogens with one attached hydrogen (secondary N) is 1. The van der Waals surface area contributed by atoms with Gasteiger partial charge in [-0.1, -0.05) is 90.8 Å². The molecule has 4 nitrogen and oxygen atoms in total. The third kappa shape index (κ3) is 8.58. The summed E-state index contributed by atoms with van der Waals surface area (Å²) in [6, 6.07) is 24.2. The average molecular weight is 544 g/mol. The zero-order valence-electron chi connectivity index (χ0n) is 20.6. The summed E-state index contributed by atoms with van der Waals surface area (Å²) in [6.07, 6.45) is 1.22. The normalized spacial score (nSPS) is 12.6. The highest BCUT2D eigenvalue weighted by atomic mass is 35.5. The van der Waals surface area contributed by atoms with E-state index in [1.165, 1.54) is 11.8 Å². The summed E-state index contributed by atoms with van der Waals surface area (Å²) in [5, 5.41) is 4.33. The van der Waals surface area contributed by atoms with Crippen LogP contribution in [0.3, 0.4) is 0 Å². The van der Waals surface area contributed by atoms with E-state index in [-0.39, 0.29) is 30.2 Å². The van der Waals surface area contributed by atoms with Gasteiger partial charge in [-0.05, 0) is 48.2 Å². The molecule has 7 heteroatoms. The van der Waals surface area contributed by atoms with Crippen molar-refractivity contribution < 1.29 is 9.59 Å². The van der Waals surface area contributed by atoms with E-state index in [9.17, 15) is 9.59 Å². The van der Waals surface area contributed by atoms with E-state index in [4.69, 9.17) is 23.2 Å². The van der Waals surface area contributed by atoms with Crippen LogP contribution in [0.1, 0.15) is 37.0 Å². The van der Waals surface area contributed by atoms with Crippen LogP contribution in [0.5, 0.6) is 0 Å². The summed E-state index contributed by atoms with van der Waals surface area (Å²) < 4.78 is 0. The Balaban J connectivity index is 1.86. The first-order valence-electron chi connectivity index (χ1n) is 12.1. The minimum atomic E-state index is -0.669. The Morgan fingerprint density at radius 2 is 1.64 bits per heavy atom. The minimum Gasteiger partial charge on any atom is -0.352 e. The molecule has 190 valence electrons. The largest absolute Gasteiger partial charge is 0.352 e. The van der Waals surface area contributed by atoms with Gasteiger partial charge in [0.05, 0.1) is 5.75 Å². The van der Waals surface area contributed by atoms with Crippen LogP contribution in [0.15, 0.2) is 78.9 Å². The molecule has 0 saturated carbocycles. The number of rotatable bonds is 12. The van der Waals surface area contributed by atoms with Crippen molar-refractivity contribution in [3.8, 4) is 0 Å². The topological polar surface area (TPSA) is 49.4 Å². The van der Waals surface area contributed by atoms with Crippen molar-refractivity contribution in [3.05, 3.63) is 106 Å². The zero-order valence-corrected chi connectivity index (χ0v) is 23.0. The van der Waals surface area contributed by atoms with Gasteiger partial charge in [0, 0.05) is 34.8 Å². The van der Waals surface area contributed by atoms with Gasteiger partial charge in [-0.25, -0.2) is 0 Å². The summed E-state index contributed by atoms with van der Waals surface area (Å²) in [6.45, 7) is 4.25. The molecule has 1 N–H and O–H groups in total. The molecule has 3 rings (SSSR count). The molecule has 3 aromatic rings. The van der Waals surface area contributed by atoms with Gasteiger partial charge in [0.1, 0.15) is 6.04 Å². The summed E-state index contributed by atoms with van der Waals surface area (Å²) in [7, 11) is 0. The number of hydrogen-bond acceptors (Lipinski definition) is 3. The van der Waals surface area contributed by atoms with Crippen LogP contribution in [-0.4, -0.2) is 34.6 Å². The van der Waals surface area contributed by atoms with Gasteiger partial charge in [0.15, 0.2) is 0 Å². The van der Waals surface area contributed by atoms with Crippen molar-refractivity contribution in [1.29, 1.82) is 0 Å². The van der Waals surface area contributed by atoms with Crippen LogP contribution in [-0.2, 0) is 28.3 Å². The number of carbonyl (C=O) groups excluding carboxylic acids is 2. The SMILES string of the molecule is CCC(C)NC(=O)C(Cc1ccccc1)N(Cc1ccccc1Cl)C(=O)CSCc1cccc(Cl)c1. The molecule has 2 unspecified atom stereocenters. The van der Waals surface area contributed by atoms with E-state index >= 15 is 0 Å². The summed E-state index contributed by atoms with van der Waals surface area (Å²) in [5.41, 5.74) is 2.85. The number of halogens is 2. The van der Waals surface area contributed by atoms with Crippen molar-refractivity contribution in [1.82, 2.24) is 10.2 Å². The third-order valence-corrected chi connectivity index (χ3v) is 7.55. The fourth-order valence-electron chi connectivity index (χ4n) is 3.77. The number of amides is 2. The molecule has 0 aliphatic rings. The predicted octanol–water partition coefficient (Wildman–Crippen LogP) is 6.78. The maximum Gasteiger partial charge on any atom is 0.243 e.